The zero-order valence-electron chi connectivity index (χ0n) is 8.08. The molecule has 8 nitrogen and oxygen atoms in total. The van der Waals surface area contributed by atoms with E-state index < -0.39 is 32.8 Å². The van der Waals surface area contributed by atoms with Crippen molar-refractivity contribution in [1.82, 2.24) is 0 Å². The maximum absolute atomic E-state index is 10.5. The molecule has 0 N–H and O–H groups in total. The molecule has 0 aromatic heterocycles. The molecule has 0 unspecified atom stereocenters. The van der Waals surface area contributed by atoms with Gasteiger partial charge in [-0.1, -0.05) is 6.07 Å². The maximum atomic E-state index is 10.5. The van der Waals surface area contributed by atoms with E-state index in [1.165, 1.54) is 0 Å². The van der Waals surface area contributed by atoms with Gasteiger partial charge in [-0.05, 0) is 6.07 Å². The molecular formula is C7H3N2NaO6. The van der Waals surface area contributed by atoms with Crippen molar-refractivity contribution in [3.8, 4) is 0 Å². The minimum absolute atomic E-state index is 0. The van der Waals surface area contributed by atoms with Crippen LogP contribution in [-0.2, 0) is 0 Å². The van der Waals surface area contributed by atoms with Gasteiger partial charge in [0.2, 0.25) is 0 Å². The number of nitrogens with zero attached hydrogens (tertiary/aromatic N) is 2. The average Bonchev–Trinajstić information content (AvgIpc) is 2.16. The minimum atomic E-state index is -1.83. The van der Waals surface area contributed by atoms with Crippen molar-refractivity contribution in [2.24, 2.45) is 0 Å². The first-order chi connectivity index (χ1) is 6.95. The molecule has 0 amide bonds. The molecule has 0 saturated carbocycles. The zero-order valence-corrected chi connectivity index (χ0v) is 10.1. The summed E-state index contributed by atoms with van der Waals surface area (Å²) in [6.45, 7) is 0. The van der Waals surface area contributed by atoms with Crippen LogP contribution >= 0.6 is 0 Å². The van der Waals surface area contributed by atoms with Crippen LogP contribution in [0.4, 0.5) is 11.4 Å². The summed E-state index contributed by atoms with van der Waals surface area (Å²) < 4.78 is 0. The predicted octanol–water partition coefficient (Wildman–Crippen LogP) is -3.13. The fourth-order valence-electron chi connectivity index (χ4n) is 1.04. The Morgan fingerprint density at radius 2 is 1.69 bits per heavy atom. The third-order valence-electron chi connectivity index (χ3n) is 1.61. The van der Waals surface area contributed by atoms with E-state index in [0.29, 0.717) is 0 Å². The largest absolute Gasteiger partial charge is 1.00 e. The average molecular weight is 234 g/mol. The number of nitro benzene ring substituents is 2. The molecule has 0 radical (unpaired) electrons. The Hall–Kier alpha value is -1.51. The number of para-hydroxylation sites is 1. The van der Waals surface area contributed by atoms with Crippen LogP contribution in [0.1, 0.15) is 10.4 Å². The van der Waals surface area contributed by atoms with Crippen LogP contribution in [0.25, 0.3) is 0 Å². The number of carboxylic acid groups (broad SMARTS) is 1. The van der Waals surface area contributed by atoms with E-state index in [4.69, 9.17) is 0 Å². The molecule has 0 aliphatic carbocycles. The van der Waals surface area contributed by atoms with Crippen LogP contribution < -0.4 is 34.7 Å². The molecule has 0 spiro atoms. The van der Waals surface area contributed by atoms with E-state index in [1.54, 1.807) is 0 Å². The van der Waals surface area contributed by atoms with Gasteiger partial charge in [-0.25, -0.2) is 0 Å². The smallest absolute Gasteiger partial charge is 0.545 e. The normalized spacial score (nSPS) is 9.00. The monoisotopic (exact) mass is 234 g/mol. The first kappa shape index (κ1) is 14.5. The van der Waals surface area contributed by atoms with Gasteiger partial charge in [-0.2, -0.15) is 0 Å². The van der Waals surface area contributed by atoms with Gasteiger partial charge < -0.3 is 9.90 Å². The molecule has 0 aliphatic heterocycles. The fourth-order valence-corrected chi connectivity index (χ4v) is 1.04. The molecule has 0 heterocycles. The molecule has 1 aromatic carbocycles. The Kier molecular flexibility index (Phi) is 5.02. The van der Waals surface area contributed by atoms with E-state index in [-0.39, 0.29) is 29.6 Å². The third kappa shape index (κ3) is 2.75. The number of rotatable bonds is 3. The second-order valence-electron chi connectivity index (χ2n) is 2.47. The zero-order chi connectivity index (χ0) is 11.6. The Bertz CT molecular complexity index is 428. The van der Waals surface area contributed by atoms with Crippen LogP contribution in [-0.4, -0.2) is 15.8 Å². The second-order valence-corrected chi connectivity index (χ2v) is 2.47. The fraction of sp³-hybridized carbons (Fsp3) is 0. The SMILES string of the molecule is O=C([O-])c1cccc([N+](=O)[O-])c1[N+](=O)[O-].[Na+]. The summed E-state index contributed by atoms with van der Waals surface area (Å²) >= 11 is 0. The number of hydrogen-bond donors (Lipinski definition) is 0. The summed E-state index contributed by atoms with van der Waals surface area (Å²) in [6.07, 6.45) is 0. The van der Waals surface area contributed by atoms with Gasteiger partial charge in [0.25, 0.3) is 0 Å². The van der Waals surface area contributed by atoms with E-state index in [2.05, 4.69) is 0 Å². The van der Waals surface area contributed by atoms with Crippen molar-refractivity contribution < 1.29 is 49.3 Å². The van der Waals surface area contributed by atoms with Crippen molar-refractivity contribution in [2.75, 3.05) is 0 Å². The summed E-state index contributed by atoms with van der Waals surface area (Å²) in [5.74, 6) is -1.83. The van der Waals surface area contributed by atoms with E-state index in [9.17, 15) is 30.1 Å². The van der Waals surface area contributed by atoms with Gasteiger partial charge >= 0.3 is 40.9 Å². The van der Waals surface area contributed by atoms with E-state index >= 15 is 0 Å². The van der Waals surface area contributed by atoms with Gasteiger partial charge in [0, 0.05) is 6.07 Å². The first-order valence-electron chi connectivity index (χ1n) is 3.58. The second kappa shape index (κ2) is 5.54. The number of carbonyl (C=O) groups is 1. The Morgan fingerprint density at radius 3 is 2.06 bits per heavy atom. The molecule has 0 fully saturated rings. The molecule has 0 saturated heterocycles. The Balaban J connectivity index is 0.00000225. The Labute approximate surface area is 110 Å². The number of hydrogen-bond acceptors (Lipinski definition) is 6. The van der Waals surface area contributed by atoms with Crippen molar-refractivity contribution in [1.29, 1.82) is 0 Å². The van der Waals surface area contributed by atoms with E-state index in [1.807, 2.05) is 0 Å². The van der Waals surface area contributed by atoms with Crippen LogP contribution in [0.5, 0.6) is 0 Å². The molecule has 78 valence electrons. The number of nitro groups is 2. The first-order valence-corrected chi connectivity index (χ1v) is 3.58. The van der Waals surface area contributed by atoms with Gasteiger partial charge in [0.1, 0.15) is 0 Å². The minimum Gasteiger partial charge on any atom is -0.545 e. The number of carbonyl (C=O) groups excluding carboxylic acids is 1. The standard InChI is InChI=1S/C7H4N2O6.Na/c10-7(11)4-2-1-3-5(8(12)13)6(4)9(14)15;/h1-3H,(H,10,11);/q;+1/p-1. The third-order valence-corrected chi connectivity index (χ3v) is 1.61. The summed E-state index contributed by atoms with van der Waals surface area (Å²) in [6, 6.07) is 2.77. The van der Waals surface area contributed by atoms with Crippen LogP contribution in [0.3, 0.4) is 0 Å². The van der Waals surface area contributed by atoms with Crippen molar-refractivity contribution >= 4 is 17.3 Å². The van der Waals surface area contributed by atoms with Gasteiger partial charge in [-0.15, -0.1) is 0 Å². The van der Waals surface area contributed by atoms with Crippen molar-refractivity contribution in [2.45, 2.75) is 0 Å². The topological polar surface area (TPSA) is 126 Å². The molecule has 1 aromatic rings. The van der Waals surface area contributed by atoms with Gasteiger partial charge in [0.05, 0.1) is 21.4 Å². The summed E-state index contributed by atoms with van der Waals surface area (Å²) in [5, 5.41) is 31.3. The summed E-state index contributed by atoms with van der Waals surface area (Å²) in [7, 11) is 0. The van der Waals surface area contributed by atoms with Crippen molar-refractivity contribution in [3.63, 3.8) is 0 Å². The number of benzene rings is 1. The van der Waals surface area contributed by atoms with Gasteiger partial charge in [-0.3, -0.25) is 20.2 Å². The van der Waals surface area contributed by atoms with Gasteiger partial charge in [0.15, 0.2) is 0 Å². The summed E-state index contributed by atoms with van der Waals surface area (Å²) in [4.78, 5) is 29.2. The maximum Gasteiger partial charge on any atom is 1.00 e. The van der Waals surface area contributed by atoms with Crippen LogP contribution in [0.15, 0.2) is 18.2 Å². The molecule has 1 rings (SSSR count). The molecule has 9 heteroatoms. The molecule has 0 aliphatic rings. The molecular weight excluding hydrogens is 231 g/mol. The van der Waals surface area contributed by atoms with Crippen LogP contribution in [0, 0.1) is 20.2 Å². The Morgan fingerprint density at radius 1 is 1.12 bits per heavy atom. The molecule has 0 bridgehead atoms. The number of aromatic carboxylic acids is 1. The quantitative estimate of drug-likeness (QED) is 0.309. The molecule has 0 atom stereocenters. The summed E-state index contributed by atoms with van der Waals surface area (Å²) in [5.41, 5.74) is -2.75. The molecule has 16 heavy (non-hydrogen) atoms. The van der Waals surface area contributed by atoms with E-state index in [0.717, 1.165) is 18.2 Å². The predicted molar refractivity (Wildman–Crippen MR) is 44.1 cm³/mol. The van der Waals surface area contributed by atoms with Crippen LogP contribution in [0.2, 0.25) is 0 Å². The van der Waals surface area contributed by atoms with Crippen molar-refractivity contribution in [3.05, 3.63) is 44.0 Å². The number of carboxylic acids is 1.